The summed E-state index contributed by atoms with van der Waals surface area (Å²) in [4.78, 5) is 1.10. The first-order valence-corrected chi connectivity index (χ1v) is 6.02. The highest BCUT2D eigenvalue weighted by Crippen LogP contribution is 2.44. The van der Waals surface area contributed by atoms with Crippen LogP contribution in [0.2, 0.25) is 0 Å². The lowest BCUT2D eigenvalue weighted by molar-refractivity contribution is 1.63. The molecule has 3 heteroatoms. The van der Waals surface area contributed by atoms with E-state index in [2.05, 4.69) is 18.7 Å². The molecule has 1 heterocycles. The van der Waals surface area contributed by atoms with Crippen LogP contribution in [-0.4, -0.2) is 4.20 Å². The first kappa shape index (κ1) is 8.35. The quantitative estimate of drug-likeness (QED) is 0.473. The van der Waals surface area contributed by atoms with Gasteiger partial charge < -0.3 is 0 Å². The van der Waals surface area contributed by atoms with E-state index in [1.54, 1.807) is 21.6 Å². The molecule has 0 fully saturated rings. The second-order valence-corrected chi connectivity index (χ2v) is 5.32. The number of hydrogen-bond acceptors (Lipinski definition) is 3. The van der Waals surface area contributed by atoms with Crippen molar-refractivity contribution in [3.8, 4) is 0 Å². The average Bonchev–Trinajstić information content (AvgIpc) is 2.12. The molecule has 0 atom stereocenters. The zero-order valence-electron chi connectivity index (χ0n) is 6.24. The zero-order valence-corrected chi connectivity index (χ0v) is 8.69. The molecule has 0 spiro atoms. The van der Waals surface area contributed by atoms with Gasteiger partial charge in [-0.1, -0.05) is 53.9 Å². The Hall–Kier alpha value is -0.250. The Balaban J connectivity index is 2.62. The van der Waals surface area contributed by atoms with Gasteiger partial charge in [-0.3, -0.25) is 0 Å². The van der Waals surface area contributed by atoms with Crippen molar-refractivity contribution in [1.82, 2.24) is 0 Å². The highest BCUT2D eigenvalue weighted by atomic mass is 33.1. The minimum atomic E-state index is 0.961. The van der Waals surface area contributed by atoms with Crippen molar-refractivity contribution in [1.29, 1.82) is 0 Å². The predicted octanol–water partition coefficient (Wildman–Crippen LogP) is 3.73. The van der Waals surface area contributed by atoms with Gasteiger partial charge in [-0.2, -0.15) is 0 Å². The summed E-state index contributed by atoms with van der Waals surface area (Å²) in [6.07, 6.45) is 0. The van der Waals surface area contributed by atoms with Crippen molar-refractivity contribution < 1.29 is 0 Å². The van der Waals surface area contributed by atoms with Gasteiger partial charge in [-0.05, 0) is 16.4 Å². The summed E-state index contributed by atoms with van der Waals surface area (Å²) in [6, 6.07) is 8.14. The minimum Gasteiger partial charge on any atom is -0.0838 e. The second kappa shape index (κ2) is 3.24. The third-order valence-electron chi connectivity index (χ3n) is 1.67. The van der Waals surface area contributed by atoms with E-state index in [4.69, 9.17) is 12.2 Å². The maximum absolute atomic E-state index is 5.21. The lowest BCUT2D eigenvalue weighted by Crippen LogP contribution is -1.99. The van der Waals surface area contributed by atoms with Crippen LogP contribution in [0.4, 0.5) is 0 Å². The fraction of sp³-hybridized carbons (Fsp3) is 0. The highest BCUT2D eigenvalue weighted by Gasteiger charge is 2.16. The lowest BCUT2D eigenvalue weighted by Gasteiger charge is -2.16. The maximum atomic E-state index is 5.21. The fourth-order valence-electron chi connectivity index (χ4n) is 1.08. The van der Waals surface area contributed by atoms with Crippen molar-refractivity contribution in [2.24, 2.45) is 0 Å². The minimum absolute atomic E-state index is 0.961. The summed E-state index contributed by atoms with van der Waals surface area (Å²) < 4.78 is 0.961. The first-order valence-electron chi connectivity index (χ1n) is 3.46. The van der Waals surface area contributed by atoms with Crippen molar-refractivity contribution in [3.05, 3.63) is 42.0 Å². The number of rotatable bonds is 0. The van der Waals surface area contributed by atoms with E-state index in [1.165, 1.54) is 5.56 Å². The van der Waals surface area contributed by atoms with Crippen LogP contribution in [-0.2, 0) is 0 Å². The SMILES string of the molecule is C=C1SSC(=S)c2ccccc21. The summed E-state index contributed by atoms with van der Waals surface area (Å²) in [7, 11) is 3.27. The van der Waals surface area contributed by atoms with Crippen LogP contribution in [0.15, 0.2) is 30.8 Å². The average molecular weight is 210 g/mol. The van der Waals surface area contributed by atoms with E-state index < -0.39 is 0 Å². The third kappa shape index (κ3) is 1.32. The van der Waals surface area contributed by atoms with Crippen molar-refractivity contribution in [3.63, 3.8) is 0 Å². The molecule has 1 aromatic rings. The highest BCUT2D eigenvalue weighted by molar-refractivity contribution is 8.87. The molecule has 1 aromatic carbocycles. The summed E-state index contributed by atoms with van der Waals surface area (Å²) >= 11 is 5.21. The van der Waals surface area contributed by atoms with E-state index in [-0.39, 0.29) is 0 Å². The molecule has 0 radical (unpaired) electrons. The molecular formula is C9H6S3. The van der Waals surface area contributed by atoms with Crippen molar-refractivity contribution >= 4 is 42.9 Å². The molecule has 0 amide bonds. The number of benzene rings is 1. The van der Waals surface area contributed by atoms with Gasteiger partial charge in [-0.15, -0.1) is 0 Å². The first-order chi connectivity index (χ1) is 5.79. The van der Waals surface area contributed by atoms with E-state index in [0.717, 1.165) is 14.7 Å². The molecular weight excluding hydrogens is 204 g/mol. The second-order valence-electron chi connectivity index (χ2n) is 2.42. The molecule has 0 aromatic heterocycles. The molecule has 12 heavy (non-hydrogen) atoms. The number of thiocarbonyl (C=S) groups is 1. The Morgan fingerprint density at radius 3 is 2.42 bits per heavy atom. The van der Waals surface area contributed by atoms with E-state index >= 15 is 0 Å². The van der Waals surface area contributed by atoms with Crippen LogP contribution in [0.5, 0.6) is 0 Å². The van der Waals surface area contributed by atoms with Crippen LogP contribution in [0.25, 0.3) is 4.91 Å². The van der Waals surface area contributed by atoms with Crippen LogP contribution < -0.4 is 0 Å². The molecule has 1 aliphatic rings. The summed E-state index contributed by atoms with van der Waals surface area (Å²) in [5.41, 5.74) is 2.34. The molecule has 60 valence electrons. The van der Waals surface area contributed by atoms with Crippen LogP contribution >= 0.6 is 33.8 Å². The molecule has 0 unspecified atom stereocenters. The predicted molar refractivity (Wildman–Crippen MR) is 62.4 cm³/mol. The van der Waals surface area contributed by atoms with Crippen LogP contribution in [0.1, 0.15) is 11.1 Å². The van der Waals surface area contributed by atoms with E-state index in [0.29, 0.717) is 0 Å². The van der Waals surface area contributed by atoms with Crippen molar-refractivity contribution in [2.75, 3.05) is 0 Å². The molecule has 0 bridgehead atoms. The summed E-state index contributed by atoms with van der Waals surface area (Å²) in [5.74, 6) is 0. The summed E-state index contributed by atoms with van der Waals surface area (Å²) in [5, 5.41) is 0. The van der Waals surface area contributed by atoms with Gasteiger partial charge in [-0.25, -0.2) is 0 Å². The van der Waals surface area contributed by atoms with Crippen molar-refractivity contribution in [2.45, 2.75) is 0 Å². The molecule has 1 aliphatic heterocycles. The van der Waals surface area contributed by atoms with Gasteiger partial charge in [0, 0.05) is 10.5 Å². The summed E-state index contributed by atoms with van der Waals surface area (Å²) in [6.45, 7) is 3.97. The Morgan fingerprint density at radius 2 is 1.75 bits per heavy atom. The normalized spacial score (nSPS) is 16.0. The fourth-order valence-corrected chi connectivity index (χ4v) is 3.35. The number of hydrogen-bond donors (Lipinski definition) is 0. The third-order valence-corrected chi connectivity index (χ3v) is 4.68. The lowest BCUT2D eigenvalue weighted by atomic mass is 10.1. The van der Waals surface area contributed by atoms with Crippen LogP contribution in [0.3, 0.4) is 0 Å². The number of fused-ring (bicyclic) bond motifs is 1. The molecule has 0 saturated carbocycles. The maximum Gasteiger partial charge on any atom is 0.0895 e. The van der Waals surface area contributed by atoms with Gasteiger partial charge >= 0.3 is 0 Å². The van der Waals surface area contributed by atoms with Gasteiger partial charge in [0.1, 0.15) is 0 Å². The Kier molecular flexibility index (Phi) is 2.26. The standard InChI is InChI=1S/C9H6S3/c1-6-7-4-2-3-5-8(7)9(10)12-11-6/h2-5H,1H2. The van der Waals surface area contributed by atoms with Gasteiger partial charge in [0.05, 0.1) is 4.20 Å². The Labute approximate surface area is 84.8 Å². The zero-order chi connectivity index (χ0) is 8.55. The smallest absolute Gasteiger partial charge is 0.0838 e. The molecule has 0 saturated heterocycles. The molecule has 0 nitrogen and oxygen atoms in total. The van der Waals surface area contributed by atoms with Gasteiger partial charge in [0.25, 0.3) is 0 Å². The topological polar surface area (TPSA) is 0 Å². The van der Waals surface area contributed by atoms with Gasteiger partial charge in [0.15, 0.2) is 0 Å². The largest absolute Gasteiger partial charge is 0.0895 e. The monoisotopic (exact) mass is 210 g/mol. The Morgan fingerprint density at radius 1 is 1.08 bits per heavy atom. The molecule has 0 N–H and O–H groups in total. The van der Waals surface area contributed by atoms with Crippen LogP contribution in [0, 0.1) is 0 Å². The molecule has 0 aliphatic carbocycles. The van der Waals surface area contributed by atoms with E-state index in [9.17, 15) is 0 Å². The molecule has 2 rings (SSSR count). The van der Waals surface area contributed by atoms with E-state index in [1.807, 2.05) is 12.1 Å². The van der Waals surface area contributed by atoms with Gasteiger partial charge in [0.2, 0.25) is 0 Å². The Bertz CT molecular complexity index is 320.